The van der Waals surface area contributed by atoms with E-state index in [1.54, 1.807) is 42.5 Å². The number of hydrogen-bond acceptors (Lipinski definition) is 5. The summed E-state index contributed by atoms with van der Waals surface area (Å²) in [4.78, 5) is 24.5. The van der Waals surface area contributed by atoms with Gasteiger partial charge in [-0.15, -0.1) is 0 Å². The molecule has 0 aliphatic carbocycles. The summed E-state index contributed by atoms with van der Waals surface area (Å²) in [5, 5.41) is 2.71. The number of nitrogens with one attached hydrogen (secondary N) is 1. The van der Waals surface area contributed by atoms with Gasteiger partial charge in [0.05, 0.1) is 25.0 Å². The maximum Gasteiger partial charge on any atom is 0.339 e. The highest BCUT2D eigenvalue weighted by atomic mass is 16.5. The zero-order valence-corrected chi connectivity index (χ0v) is 14.4. The Balaban J connectivity index is 2.01. The van der Waals surface area contributed by atoms with Crippen molar-refractivity contribution in [2.45, 2.75) is 20.0 Å². The molecule has 0 bridgehead atoms. The summed E-state index contributed by atoms with van der Waals surface area (Å²) in [6.07, 6.45) is -0.964. The Morgan fingerprint density at radius 1 is 1.12 bits per heavy atom. The second kappa shape index (κ2) is 8.73. The molecule has 1 N–H and O–H groups in total. The van der Waals surface area contributed by atoms with E-state index in [-0.39, 0.29) is 0 Å². The molecule has 1 atom stereocenters. The van der Waals surface area contributed by atoms with Crippen molar-refractivity contribution in [1.82, 2.24) is 0 Å². The van der Waals surface area contributed by atoms with E-state index in [1.165, 1.54) is 14.0 Å². The lowest BCUT2D eigenvalue weighted by atomic mass is 10.2. The standard InChI is InChI=1S/C19H21NO5/c1-4-24-17-11-6-5-10-16(17)20-18(21)13(2)25-19(22)14-8-7-9-15(12-14)23-3/h5-13H,4H2,1-3H3,(H,20,21)/t13-/m1/s1. The number of amides is 1. The highest BCUT2D eigenvalue weighted by Crippen LogP contribution is 2.24. The molecule has 0 saturated carbocycles. The first kappa shape index (κ1) is 18.3. The number of benzene rings is 2. The number of carbonyl (C=O) groups excluding carboxylic acids is 2. The number of methoxy groups -OCH3 is 1. The van der Waals surface area contributed by atoms with Crippen molar-refractivity contribution in [3.8, 4) is 11.5 Å². The zero-order chi connectivity index (χ0) is 18.2. The molecule has 0 spiro atoms. The minimum absolute atomic E-state index is 0.314. The van der Waals surface area contributed by atoms with E-state index in [0.717, 1.165) is 0 Å². The van der Waals surface area contributed by atoms with Gasteiger partial charge in [0, 0.05) is 0 Å². The van der Waals surface area contributed by atoms with Crippen LogP contribution in [-0.4, -0.2) is 31.7 Å². The number of esters is 1. The smallest absolute Gasteiger partial charge is 0.339 e. The van der Waals surface area contributed by atoms with Crippen molar-refractivity contribution in [2.75, 3.05) is 19.0 Å². The van der Waals surface area contributed by atoms with Crippen molar-refractivity contribution in [1.29, 1.82) is 0 Å². The normalized spacial score (nSPS) is 11.3. The molecule has 6 nitrogen and oxygen atoms in total. The van der Waals surface area contributed by atoms with Gasteiger partial charge in [0.2, 0.25) is 0 Å². The first-order valence-electron chi connectivity index (χ1n) is 7.93. The summed E-state index contributed by atoms with van der Waals surface area (Å²) >= 11 is 0. The van der Waals surface area contributed by atoms with Gasteiger partial charge < -0.3 is 19.5 Å². The highest BCUT2D eigenvalue weighted by molar-refractivity contribution is 5.98. The molecule has 0 aliphatic rings. The van der Waals surface area contributed by atoms with E-state index in [2.05, 4.69) is 5.32 Å². The predicted molar refractivity (Wildman–Crippen MR) is 94.1 cm³/mol. The van der Waals surface area contributed by atoms with Crippen molar-refractivity contribution >= 4 is 17.6 Å². The molecule has 2 aromatic carbocycles. The Morgan fingerprint density at radius 2 is 1.88 bits per heavy atom. The van der Waals surface area contributed by atoms with E-state index >= 15 is 0 Å². The van der Waals surface area contributed by atoms with Gasteiger partial charge in [0.1, 0.15) is 11.5 Å². The Morgan fingerprint density at radius 3 is 2.60 bits per heavy atom. The fourth-order valence-electron chi connectivity index (χ4n) is 2.12. The van der Waals surface area contributed by atoms with Crippen molar-refractivity contribution < 1.29 is 23.8 Å². The van der Waals surface area contributed by atoms with Crippen LogP contribution in [0.4, 0.5) is 5.69 Å². The summed E-state index contributed by atoms with van der Waals surface area (Å²) in [6.45, 7) is 3.85. The van der Waals surface area contributed by atoms with E-state index < -0.39 is 18.0 Å². The second-order valence-electron chi connectivity index (χ2n) is 5.20. The minimum atomic E-state index is -0.964. The molecule has 0 fully saturated rings. The average Bonchev–Trinajstić information content (AvgIpc) is 2.63. The topological polar surface area (TPSA) is 73.9 Å². The molecule has 0 unspecified atom stereocenters. The van der Waals surface area contributed by atoms with Gasteiger partial charge in [0.25, 0.3) is 5.91 Å². The van der Waals surface area contributed by atoms with E-state index in [1.807, 2.05) is 13.0 Å². The van der Waals surface area contributed by atoms with E-state index in [0.29, 0.717) is 29.4 Å². The number of ether oxygens (including phenoxy) is 3. The van der Waals surface area contributed by atoms with Crippen LogP contribution in [0.5, 0.6) is 11.5 Å². The lowest BCUT2D eigenvalue weighted by Gasteiger charge is -2.15. The lowest BCUT2D eigenvalue weighted by molar-refractivity contribution is -0.123. The molecule has 6 heteroatoms. The fraction of sp³-hybridized carbons (Fsp3) is 0.263. The number of rotatable bonds is 7. The predicted octanol–water partition coefficient (Wildman–Crippen LogP) is 3.28. The Bertz CT molecular complexity index is 744. The van der Waals surface area contributed by atoms with Gasteiger partial charge in [0.15, 0.2) is 6.10 Å². The SMILES string of the molecule is CCOc1ccccc1NC(=O)[C@@H](C)OC(=O)c1cccc(OC)c1. The molecule has 0 aliphatic heterocycles. The second-order valence-corrected chi connectivity index (χ2v) is 5.20. The fourth-order valence-corrected chi connectivity index (χ4v) is 2.12. The van der Waals surface area contributed by atoms with Crippen molar-refractivity contribution in [3.05, 3.63) is 54.1 Å². The van der Waals surface area contributed by atoms with E-state index in [4.69, 9.17) is 14.2 Å². The van der Waals surface area contributed by atoms with Crippen LogP contribution in [0.1, 0.15) is 24.2 Å². The van der Waals surface area contributed by atoms with Crippen LogP contribution in [0.15, 0.2) is 48.5 Å². The highest BCUT2D eigenvalue weighted by Gasteiger charge is 2.20. The van der Waals surface area contributed by atoms with Gasteiger partial charge in [-0.2, -0.15) is 0 Å². The molecule has 1 amide bonds. The van der Waals surface area contributed by atoms with Crippen LogP contribution in [0, 0.1) is 0 Å². The summed E-state index contributed by atoms with van der Waals surface area (Å²) < 4.78 is 15.8. The van der Waals surface area contributed by atoms with Crippen molar-refractivity contribution in [3.63, 3.8) is 0 Å². The molecule has 0 saturated heterocycles. The van der Waals surface area contributed by atoms with Crippen molar-refractivity contribution in [2.24, 2.45) is 0 Å². The first-order chi connectivity index (χ1) is 12.0. The van der Waals surface area contributed by atoms with Gasteiger partial charge in [-0.1, -0.05) is 18.2 Å². The number of para-hydroxylation sites is 2. The number of carbonyl (C=O) groups is 2. The van der Waals surface area contributed by atoms with Gasteiger partial charge in [-0.25, -0.2) is 4.79 Å². The lowest BCUT2D eigenvalue weighted by Crippen LogP contribution is -2.30. The molecule has 0 aromatic heterocycles. The van der Waals surface area contributed by atoms with Crippen LogP contribution < -0.4 is 14.8 Å². The van der Waals surface area contributed by atoms with Crippen LogP contribution in [0.25, 0.3) is 0 Å². The van der Waals surface area contributed by atoms with Gasteiger partial charge >= 0.3 is 5.97 Å². The van der Waals surface area contributed by atoms with Crippen LogP contribution in [0.2, 0.25) is 0 Å². The van der Waals surface area contributed by atoms with Crippen LogP contribution in [-0.2, 0) is 9.53 Å². The Hall–Kier alpha value is -3.02. The summed E-state index contributed by atoms with van der Waals surface area (Å²) in [6, 6.07) is 13.6. The molecule has 2 aromatic rings. The molecule has 132 valence electrons. The maximum atomic E-state index is 12.3. The first-order valence-corrected chi connectivity index (χ1v) is 7.93. The molecular weight excluding hydrogens is 322 g/mol. The molecule has 0 radical (unpaired) electrons. The summed E-state index contributed by atoms with van der Waals surface area (Å²) in [5.74, 6) is 0.0601. The molecule has 25 heavy (non-hydrogen) atoms. The third-order valence-electron chi connectivity index (χ3n) is 3.40. The quantitative estimate of drug-likeness (QED) is 0.781. The largest absolute Gasteiger partial charge is 0.497 e. The van der Waals surface area contributed by atoms with Gasteiger partial charge in [-0.05, 0) is 44.2 Å². The monoisotopic (exact) mass is 343 g/mol. The Labute approximate surface area is 146 Å². The Kier molecular flexibility index (Phi) is 6.39. The molecule has 0 heterocycles. The molecular formula is C19H21NO5. The van der Waals surface area contributed by atoms with Gasteiger partial charge in [-0.3, -0.25) is 4.79 Å². The number of anilines is 1. The minimum Gasteiger partial charge on any atom is -0.497 e. The maximum absolute atomic E-state index is 12.3. The summed E-state index contributed by atoms with van der Waals surface area (Å²) in [7, 11) is 1.51. The third kappa shape index (κ3) is 4.97. The zero-order valence-electron chi connectivity index (χ0n) is 14.4. The van der Waals surface area contributed by atoms with Crippen LogP contribution >= 0.6 is 0 Å². The molecule has 2 rings (SSSR count). The number of hydrogen-bond donors (Lipinski definition) is 1. The summed E-state index contributed by atoms with van der Waals surface area (Å²) in [5.41, 5.74) is 0.840. The third-order valence-corrected chi connectivity index (χ3v) is 3.40. The average molecular weight is 343 g/mol. The van der Waals surface area contributed by atoms with Crippen LogP contribution in [0.3, 0.4) is 0 Å². The van der Waals surface area contributed by atoms with E-state index in [9.17, 15) is 9.59 Å².